The zero-order valence-electron chi connectivity index (χ0n) is 16.7. The van der Waals surface area contributed by atoms with E-state index in [1.807, 2.05) is 25.1 Å². The second-order valence-corrected chi connectivity index (χ2v) is 10.1. The SMILES string of the molecule is CN(C)c1cc(N(C2CC2)C2CCN(S(=O)(=O)c3ccccc3Cl)CC2)ncn1. The predicted molar refractivity (Wildman–Crippen MR) is 115 cm³/mol. The van der Waals surface area contributed by atoms with Crippen LogP contribution in [0.5, 0.6) is 0 Å². The molecule has 1 aliphatic carbocycles. The van der Waals surface area contributed by atoms with Gasteiger partial charge in [-0.2, -0.15) is 4.31 Å². The van der Waals surface area contributed by atoms with Gasteiger partial charge in [0.15, 0.2) is 0 Å². The minimum absolute atomic E-state index is 0.186. The first-order valence-electron chi connectivity index (χ1n) is 9.90. The Labute approximate surface area is 177 Å². The third-order valence-corrected chi connectivity index (χ3v) is 7.97. The highest BCUT2D eigenvalue weighted by molar-refractivity contribution is 7.89. The van der Waals surface area contributed by atoms with E-state index in [2.05, 4.69) is 14.9 Å². The molecule has 1 aliphatic heterocycles. The summed E-state index contributed by atoms with van der Waals surface area (Å²) >= 11 is 6.15. The van der Waals surface area contributed by atoms with Crippen molar-refractivity contribution in [3.63, 3.8) is 0 Å². The van der Waals surface area contributed by atoms with Crippen LogP contribution in [-0.4, -0.2) is 62.0 Å². The van der Waals surface area contributed by atoms with E-state index in [1.54, 1.807) is 34.9 Å². The maximum absolute atomic E-state index is 13.0. The summed E-state index contributed by atoms with van der Waals surface area (Å²) in [7, 11) is 0.349. The minimum atomic E-state index is -3.58. The number of piperidine rings is 1. The lowest BCUT2D eigenvalue weighted by Gasteiger charge is -2.39. The van der Waals surface area contributed by atoms with Crippen LogP contribution in [0, 0.1) is 0 Å². The van der Waals surface area contributed by atoms with E-state index in [9.17, 15) is 8.42 Å². The van der Waals surface area contributed by atoms with Gasteiger partial charge in [0, 0.05) is 45.3 Å². The molecule has 156 valence electrons. The van der Waals surface area contributed by atoms with E-state index in [0.29, 0.717) is 19.1 Å². The topological polar surface area (TPSA) is 69.6 Å². The molecule has 4 rings (SSSR count). The van der Waals surface area contributed by atoms with Gasteiger partial charge in [0.25, 0.3) is 0 Å². The summed E-state index contributed by atoms with van der Waals surface area (Å²) in [5.41, 5.74) is 0. The number of rotatable bonds is 6. The van der Waals surface area contributed by atoms with Gasteiger partial charge < -0.3 is 9.80 Å². The van der Waals surface area contributed by atoms with Crippen LogP contribution in [0.1, 0.15) is 25.7 Å². The summed E-state index contributed by atoms with van der Waals surface area (Å²) in [6.45, 7) is 0.958. The number of halogens is 1. The fraction of sp³-hybridized carbons (Fsp3) is 0.500. The van der Waals surface area contributed by atoms with Crippen molar-refractivity contribution < 1.29 is 8.42 Å². The molecule has 1 aromatic carbocycles. The Balaban J connectivity index is 1.51. The van der Waals surface area contributed by atoms with Crippen molar-refractivity contribution in [3.05, 3.63) is 41.7 Å². The smallest absolute Gasteiger partial charge is 0.244 e. The molecule has 1 saturated carbocycles. The third-order valence-electron chi connectivity index (χ3n) is 5.57. The molecule has 0 N–H and O–H groups in total. The number of benzene rings is 1. The van der Waals surface area contributed by atoms with Crippen molar-refractivity contribution in [1.29, 1.82) is 0 Å². The van der Waals surface area contributed by atoms with Crippen molar-refractivity contribution in [2.45, 2.75) is 42.7 Å². The van der Waals surface area contributed by atoms with E-state index in [-0.39, 0.29) is 16.0 Å². The highest BCUT2D eigenvalue weighted by Gasteiger charge is 2.39. The molecule has 29 heavy (non-hydrogen) atoms. The number of hydrogen-bond donors (Lipinski definition) is 0. The molecule has 0 bridgehead atoms. The fourth-order valence-electron chi connectivity index (χ4n) is 3.90. The Morgan fingerprint density at radius 1 is 1.00 bits per heavy atom. The molecule has 0 amide bonds. The number of aromatic nitrogens is 2. The van der Waals surface area contributed by atoms with Crippen molar-refractivity contribution in [3.8, 4) is 0 Å². The summed E-state index contributed by atoms with van der Waals surface area (Å²) in [6, 6.07) is 9.41. The van der Waals surface area contributed by atoms with Gasteiger partial charge in [0.1, 0.15) is 22.9 Å². The maximum atomic E-state index is 13.0. The Hall–Kier alpha value is -1.90. The zero-order chi connectivity index (χ0) is 20.6. The molecule has 1 saturated heterocycles. The summed E-state index contributed by atoms with van der Waals surface area (Å²) in [5, 5.41) is 0.270. The van der Waals surface area contributed by atoms with Gasteiger partial charge in [-0.1, -0.05) is 23.7 Å². The van der Waals surface area contributed by atoms with Gasteiger partial charge >= 0.3 is 0 Å². The van der Waals surface area contributed by atoms with E-state index >= 15 is 0 Å². The lowest BCUT2D eigenvalue weighted by molar-refractivity contribution is 0.308. The molecule has 2 fully saturated rings. The molecule has 0 spiro atoms. The van der Waals surface area contributed by atoms with E-state index in [1.165, 1.54) is 0 Å². The van der Waals surface area contributed by atoms with E-state index in [4.69, 9.17) is 11.6 Å². The van der Waals surface area contributed by atoms with Crippen LogP contribution in [0.3, 0.4) is 0 Å². The highest BCUT2D eigenvalue weighted by Crippen LogP contribution is 2.37. The van der Waals surface area contributed by atoms with Gasteiger partial charge in [0.2, 0.25) is 10.0 Å². The quantitative estimate of drug-likeness (QED) is 0.694. The summed E-state index contributed by atoms with van der Waals surface area (Å²) in [5.74, 6) is 1.80. The fourth-order valence-corrected chi connectivity index (χ4v) is 5.86. The lowest BCUT2D eigenvalue weighted by atomic mass is 10.0. The predicted octanol–water partition coefficient (Wildman–Crippen LogP) is 3.02. The molecule has 1 aromatic heterocycles. The average molecular weight is 436 g/mol. The Bertz CT molecular complexity index is 972. The molecular weight excluding hydrogens is 410 g/mol. The van der Waals surface area contributed by atoms with Crippen LogP contribution < -0.4 is 9.80 Å². The Morgan fingerprint density at radius 2 is 1.62 bits per heavy atom. The first-order valence-corrected chi connectivity index (χ1v) is 11.7. The third kappa shape index (κ3) is 4.20. The summed E-state index contributed by atoms with van der Waals surface area (Å²) in [6.07, 6.45) is 5.44. The standard InChI is InChI=1S/C20H26ClN5O2S/c1-24(2)19-13-20(23-14-22-19)26(15-7-8-15)16-9-11-25(12-10-16)29(27,28)18-6-4-3-5-17(18)21/h3-6,13-16H,7-12H2,1-2H3. The molecule has 7 nitrogen and oxygen atoms in total. The second-order valence-electron chi connectivity index (χ2n) is 7.83. The minimum Gasteiger partial charge on any atom is -0.363 e. The molecule has 0 atom stereocenters. The number of nitrogens with zero attached hydrogens (tertiary/aromatic N) is 5. The van der Waals surface area contributed by atoms with Crippen LogP contribution in [0.25, 0.3) is 0 Å². The van der Waals surface area contributed by atoms with Crippen LogP contribution >= 0.6 is 11.6 Å². The van der Waals surface area contributed by atoms with E-state index < -0.39 is 10.0 Å². The number of hydrogen-bond acceptors (Lipinski definition) is 6. The molecule has 9 heteroatoms. The van der Waals surface area contributed by atoms with E-state index in [0.717, 1.165) is 37.3 Å². The van der Waals surface area contributed by atoms with Gasteiger partial charge in [0.05, 0.1) is 5.02 Å². The van der Waals surface area contributed by atoms with Crippen LogP contribution in [0.15, 0.2) is 41.6 Å². The molecular formula is C20H26ClN5O2S. The first-order chi connectivity index (χ1) is 13.9. The average Bonchev–Trinajstić information content (AvgIpc) is 3.54. The number of sulfonamides is 1. The molecule has 2 aliphatic rings. The van der Waals surface area contributed by atoms with Gasteiger partial charge in [-0.3, -0.25) is 0 Å². The highest BCUT2D eigenvalue weighted by atomic mass is 35.5. The first kappa shape index (κ1) is 20.4. The van der Waals surface area contributed by atoms with Crippen molar-refractivity contribution in [2.75, 3.05) is 37.0 Å². The molecule has 2 heterocycles. The summed E-state index contributed by atoms with van der Waals surface area (Å²) in [4.78, 5) is 13.4. The van der Waals surface area contributed by atoms with Crippen LogP contribution in [-0.2, 0) is 10.0 Å². The van der Waals surface area contributed by atoms with Crippen molar-refractivity contribution >= 4 is 33.3 Å². The van der Waals surface area contributed by atoms with Crippen molar-refractivity contribution in [1.82, 2.24) is 14.3 Å². The second kappa shape index (κ2) is 8.08. The number of anilines is 2. The van der Waals surface area contributed by atoms with Gasteiger partial charge in [-0.05, 0) is 37.8 Å². The van der Waals surface area contributed by atoms with Gasteiger partial charge in [-0.25, -0.2) is 18.4 Å². The Morgan fingerprint density at radius 3 is 2.24 bits per heavy atom. The van der Waals surface area contributed by atoms with Crippen LogP contribution in [0.2, 0.25) is 5.02 Å². The molecule has 0 radical (unpaired) electrons. The monoisotopic (exact) mass is 435 g/mol. The molecule has 0 unspecified atom stereocenters. The lowest BCUT2D eigenvalue weighted by Crippen LogP contribution is -2.48. The van der Waals surface area contributed by atoms with Crippen molar-refractivity contribution in [2.24, 2.45) is 0 Å². The molecule has 2 aromatic rings. The maximum Gasteiger partial charge on any atom is 0.244 e. The Kier molecular flexibility index (Phi) is 5.68. The zero-order valence-corrected chi connectivity index (χ0v) is 18.3. The van der Waals surface area contributed by atoms with Gasteiger partial charge in [-0.15, -0.1) is 0 Å². The normalized spacial score (nSPS) is 18.6. The van der Waals surface area contributed by atoms with Crippen LogP contribution in [0.4, 0.5) is 11.6 Å². The largest absolute Gasteiger partial charge is 0.363 e. The summed E-state index contributed by atoms with van der Waals surface area (Å²) < 4.78 is 27.6.